The highest BCUT2D eigenvalue weighted by atomic mass is 16.5. The molecule has 2 aliphatic rings. The van der Waals surface area contributed by atoms with Gasteiger partial charge < -0.3 is 25.2 Å². The van der Waals surface area contributed by atoms with Gasteiger partial charge in [0.15, 0.2) is 6.61 Å². The molecular formula is C16H20N4O4. The van der Waals surface area contributed by atoms with Gasteiger partial charge in [-0.2, -0.15) is 0 Å². The quantitative estimate of drug-likeness (QED) is 0.789. The number of amides is 4. The van der Waals surface area contributed by atoms with Gasteiger partial charge in [-0.25, -0.2) is 4.79 Å². The molecule has 0 radical (unpaired) electrons. The molecule has 2 heterocycles. The molecular weight excluding hydrogens is 312 g/mol. The van der Waals surface area contributed by atoms with Crippen molar-refractivity contribution in [2.24, 2.45) is 0 Å². The molecule has 2 aliphatic heterocycles. The zero-order valence-electron chi connectivity index (χ0n) is 13.4. The Bertz CT molecular complexity index is 663. The number of hydrogen-bond donors (Lipinski definition) is 2. The molecule has 0 bridgehead atoms. The van der Waals surface area contributed by atoms with Crippen LogP contribution in [0.15, 0.2) is 24.3 Å². The summed E-state index contributed by atoms with van der Waals surface area (Å²) in [4.78, 5) is 39.0. The van der Waals surface area contributed by atoms with Crippen LogP contribution in [0.2, 0.25) is 0 Å². The van der Waals surface area contributed by atoms with E-state index in [1.807, 2.05) is 0 Å². The molecule has 1 unspecified atom stereocenters. The van der Waals surface area contributed by atoms with E-state index in [1.165, 1.54) is 0 Å². The van der Waals surface area contributed by atoms with Crippen LogP contribution in [-0.4, -0.2) is 73.5 Å². The van der Waals surface area contributed by atoms with Crippen molar-refractivity contribution in [3.63, 3.8) is 0 Å². The number of carbonyl (C=O) groups excluding carboxylic acids is 3. The highest BCUT2D eigenvalue weighted by Crippen LogP contribution is 2.16. The third-order valence-electron chi connectivity index (χ3n) is 4.27. The molecule has 0 spiro atoms. The summed E-state index contributed by atoms with van der Waals surface area (Å²) in [5.41, 5.74) is 0.478. The Morgan fingerprint density at radius 2 is 2.21 bits per heavy atom. The Morgan fingerprint density at radius 1 is 1.38 bits per heavy atom. The molecule has 1 aromatic rings. The molecule has 24 heavy (non-hydrogen) atoms. The first kappa shape index (κ1) is 16.1. The van der Waals surface area contributed by atoms with Crippen molar-refractivity contribution in [2.75, 3.05) is 39.8 Å². The van der Waals surface area contributed by atoms with Crippen LogP contribution in [0.1, 0.15) is 10.4 Å². The molecule has 0 aliphatic carbocycles. The number of nitrogens with zero attached hydrogens (tertiary/aromatic N) is 2. The van der Waals surface area contributed by atoms with E-state index in [2.05, 4.69) is 10.6 Å². The molecule has 2 saturated heterocycles. The number of nitrogens with one attached hydrogen (secondary N) is 2. The van der Waals surface area contributed by atoms with Crippen molar-refractivity contribution in [2.45, 2.75) is 6.04 Å². The minimum Gasteiger partial charge on any atom is -0.484 e. The van der Waals surface area contributed by atoms with Gasteiger partial charge in [-0.05, 0) is 18.2 Å². The van der Waals surface area contributed by atoms with Crippen LogP contribution in [0, 0.1) is 0 Å². The lowest BCUT2D eigenvalue weighted by Gasteiger charge is -2.36. The number of rotatable bonds is 4. The maximum Gasteiger partial charge on any atom is 0.317 e. The highest BCUT2D eigenvalue weighted by molar-refractivity contribution is 5.94. The Kier molecular flexibility index (Phi) is 4.54. The van der Waals surface area contributed by atoms with E-state index in [1.54, 1.807) is 41.1 Å². The second-order valence-electron chi connectivity index (χ2n) is 5.77. The predicted octanol–water partition coefficient (Wildman–Crippen LogP) is -0.339. The third kappa shape index (κ3) is 3.27. The summed E-state index contributed by atoms with van der Waals surface area (Å²) in [7, 11) is 1.56. The van der Waals surface area contributed by atoms with Gasteiger partial charge in [-0.3, -0.25) is 9.59 Å². The summed E-state index contributed by atoms with van der Waals surface area (Å²) < 4.78 is 5.52. The van der Waals surface area contributed by atoms with Gasteiger partial charge >= 0.3 is 6.03 Å². The highest BCUT2D eigenvalue weighted by Gasteiger charge is 2.36. The molecule has 8 heteroatoms. The molecule has 2 fully saturated rings. The Morgan fingerprint density at radius 3 is 3.00 bits per heavy atom. The molecule has 1 aromatic carbocycles. The SMILES string of the molecule is CNC(=O)c1cccc(OCC(=O)N2CCN3C(=O)NCC3C2)c1. The van der Waals surface area contributed by atoms with Crippen molar-refractivity contribution in [3.8, 4) is 5.75 Å². The lowest BCUT2D eigenvalue weighted by Crippen LogP contribution is -2.54. The van der Waals surface area contributed by atoms with Gasteiger partial charge in [-0.15, -0.1) is 0 Å². The molecule has 128 valence electrons. The average molecular weight is 332 g/mol. The van der Waals surface area contributed by atoms with Crippen LogP contribution in [0.5, 0.6) is 5.75 Å². The summed E-state index contributed by atoms with van der Waals surface area (Å²) in [5, 5.41) is 5.32. The second kappa shape index (κ2) is 6.77. The van der Waals surface area contributed by atoms with Crippen molar-refractivity contribution in [3.05, 3.63) is 29.8 Å². The number of hydrogen-bond acceptors (Lipinski definition) is 4. The van der Waals surface area contributed by atoms with E-state index in [0.717, 1.165) is 0 Å². The molecule has 2 N–H and O–H groups in total. The summed E-state index contributed by atoms with van der Waals surface area (Å²) in [6.45, 7) is 2.03. The first-order valence-electron chi connectivity index (χ1n) is 7.85. The number of benzene rings is 1. The zero-order valence-corrected chi connectivity index (χ0v) is 13.4. The minimum absolute atomic E-state index is 0.0341. The van der Waals surface area contributed by atoms with Gasteiger partial charge in [0.05, 0.1) is 6.04 Å². The average Bonchev–Trinajstić information content (AvgIpc) is 2.99. The zero-order chi connectivity index (χ0) is 17.1. The van der Waals surface area contributed by atoms with Crippen molar-refractivity contribution in [1.29, 1.82) is 0 Å². The minimum atomic E-state index is -0.207. The lowest BCUT2D eigenvalue weighted by atomic mass is 10.2. The molecule has 4 amide bonds. The van der Waals surface area contributed by atoms with Crippen molar-refractivity contribution < 1.29 is 19.1 Å². The van der Waals surface area contributed by atoms with E-state index in [-0.39, 0.29) is 30.5 Å². The fourth-order valence-corrected chi connectivity index (χ4v) is 2.94. The number of urea groups is 1. The maximum atomic E-state index is 12.3. The summed E-state index contributed by atoms with van der Waals surface area (Å²) in [6.07, 6.45) is 0. The summed E-state index contributed by atoms with van der Waals surface area (Å²) >= 11 is 0. The van der Waals surface area contributed by atoms with Crippen LogP contribution in [0.3, 0.4) is 0 Å². The van der Waals surface area contributed by atoms with Crippen LogP contribution < -0.4 is 15.4 Å². The topological polar surface area (TPSA) is 91.0 Å². The number of fused-ring (bicyclic) bond motifs is 1. The Balaban J connectivity index is 1.54. The van der Waals surface area contributed by atoms with Crippen molar-refractivity contribution >= 4 is 17.8 Å². The summed E-state index contributed by atoms with van der Waals surface area (Å²) in [6, 6.07) is 6.66. The fraction of sp³-hybridized carbons (Fsp3) is 0.438. The molecule has 0 saturated carbocycles. The van der Waals surface area contributed by atoms with Crippen molar-refractivity contribution in [1.82, 2.24) is 20.4 Å². The van der Waals surface area contributed by atoms with Gasteiger partial charge in [0.25, 0.3) is 11.8 Å². The second-order valence-corrected chi connectivity index (χ2v) is 5.77. The number of piperazine rings is 1. The third-order valence-corrected chi connectivity index (χ3v) is 4.27. The normalized spacial score (nSPS) is 19.5. The number of carbonyl (C=O) groups is 3. The van der Waals surface area contributed by atoms with Gasteiger partial charge in [0.2, 0.25) is 0 Å². The monoisotopic (exact) mass is 332 g/mol. The van der Waals surface area contributed by atoms with Gasteiger partial charge in [0, 0.05) is 38.8 Å². The number of ether oxygens (including phenoxy) is 1. The Hall–Kier alpha value is -2.77. The van der Waals surface area contributed by atoms with E-state index >= 15 is 0 Å². The van der Waals surface area contributed by atoms with E-state index in [0.29, 0.717) is 37.5 Å². The lowest BCUT2D eigenvalue weighted by molar-refractivity contribution is -0.135. The molecule has 0 aromatic heterocycles. The summed E-state index contributed by atoms with van der Waals surface area (Å²) in [5.74, 6) is 0.140. The van der Waals surface area contributed by atoms with Crippen LogP contribution >= 0.6 is 0 Å². The first-order valence-corrected chi connectivity index (χ1v) is 7.85. The first-order chi connectivity index (χ1) is 11.6. The largest absolute Gasteiger partial charge is 0.484 e. The van der Waals surface area contributed by atoms with E-state index in [9.17, 15) is 14.4 Å². The molecule has 3 rings (SSSR count). The van der Waals surface area contributed by atoms with E-state index in [4.69, 9.17) is 4.74 Å². The standard InChI is InChI=1S/C16H20N4O4/c1-17-15(22)11-3-2-4-13(7-11)24-10-14(21)19-5-6-20-12(9-19)8-18-16(20)23/h2-4,7,12H,5-6,8-10H2,1H3,(H,17,22)(H,18,23). The molecule has 1 atom stereocenters. The van der Waals surface area contributed by atoms with Crippen LogP contribution in [0.25, 0.3) is 0 Å². The maximum absolute atomic E-state index is 12.3. The Labute approximate surface area is 139 Å². The van der Waals surface area contributed by atoms with E-state index < -0.39 is 0 Å². The van der Waals surface area contributed by atoms with Gasteiger partial charge in [-0.1, -0.05) is 6.07 Å². The van der Waals surface area contributed by atoms with Crippen LogP contribution in [0.4, 0.5) is 4.79 Å². The smallest absolute Gasteiger partial charge is 0.317 e. The van der Waals surface area contributed by atoms with Gasteiger partial charge in [0.1, 0.15) is 5.75 Å². The predicted molar refractivity (Wildman–Crippen MR) is 85.8 cm³/mol. The molecule has 8 nitrogen and oxygen atoms in total. The fourth-order valence-electron chi connectivity index (χ4n) is 2.94. The van der Waals surface area contributed by atoms with Crippen LogP contribution in [-0.2, 0) is 4.79 Å².